The van der Waals surface area contributed by atoms with Crippen LogP contribution in [0.3, 0.4) is 0 Å². The first kappa shape index (κ1) is 23.0. The molecule has 0 aliphatic rings. The number of hydrogen-bond donors (Lipinski definition) is 4. The maximum absolute atomic E-state index is 7.62. The molecule has 168 valence electrons. The highest BCUT2D eigenvalue weighted by atomic mass is 16.5. The van der Waals surface area contributed by atoms with Crippen molar-refractivity contribution in [2.45, 2.75) is 27.7 Å². The summed E-state index contributed by atoms with van der Waals surface area (Å²) >= 11 is 0. The Hall–Kier alpha value is -3.68. The van der Waals surface area contributed by atoms with Gasteiger partial charge in [0.15, 0.2) is 5.82 Å². The summed E-state index contributed by atoms with van der Waals surface area (Å²) in [6.45, 7) is 9.25. The molecule has 0 saturated carbocycles. The summed E-state index contributed by atoms with van der Waals surface area (Å²) in [6, 6.07) is 7.66. The van der Waals surface area contributed by atoms with Crippen LogP contribution in [0.2, 0.25) is 0 Å². The number of nitrogens with one attached hydrogen (secondary N) is 4. The number of methoxy groups -OCH3 is 1. The molecule has 0 bridgehead atoms. The molecule has 0 spiro atoms. The van der Waals surface area contributed by atoms with Crippen molar-refractivity contribution in [1.82, 2.24) is 20.3 Å². The van der Waals surface area contributed by atoms with Crippen LogP contribution in [0.15, 0.2) is 36.7 Å². The molecule has 0 amide bonds. The van der Waals surface area contributed by atoms with E-state index >= 15 is 0 Å². The Morgan fingerprint density at radius 2 is 1.97 bits per heavy atom. The monoisotopic (exact) mass is 433 g/mol. The Balaban J connectivity index is 1.96. The third-order valence-corrected chi connectivity index (χ3v) is 4.72. The number of anilines is 3. The molecule has 3 rings (SSSR count). The van der Waals surface area contributed by atoms with E-state index in [1.807, 2.05) is 31.2 Å². The third kappa shape index (κ3) is 5.51. The summed E-state index contributed by atoms with van der Waals surface area (Å²) in [5.74, 6) is 1.82. The predicted molar refractivity (Wildman–Crippen MR) is 132 cm³/mol. The fourth-order valence-electron chi connectivity index (χ4n) is 3.16. The second-order valence-electron chi connectivity index (χ2n) is 8.73. The van der Waals surface area contributed by atoms with Crippen molar-refractivity contribution in [3.05, 3.63) is 47.9 Å². The first-order valence-electron chi connectivity index (χ1n) is 10.5. The van der Waals surface area contributed by atoms with Crippen LogP contribution in [0.1, 0.15) is 32.0 Å². The van der Waals surface area contributed by atoms with Gasteiger partial charge in [-0.3, -0.25) is 0 Å². The number of hydrogen-bond acceptors (Lipinski definition) is 8. The first-order chi connectivity index (χ1) is 15.2. The van der Waals surface area contributed by atoms with Gasteiger partial charge in [-0.25, -0.2) is 15.0 Å². The van der Waals surface area contributed by atoms with E-state index in [1.54, 1.807) is 26.6 Å². The number of ether oxygens (including phenoxy) is 1. The van der Waals surface area contributed by atoms with Gasteiger partial charge < -0.3 is 26.1 Å². The summed E-state index contributed by atoms with van der Waals surface area (Å²) in [7, 11) is 3.41. The van der Waals surface area contributed by atoms with Crippen LogP contribution >= 0.6 is 0 Å². The average molecular weight is 434 g/mol. The lowest BCUT2D eigenvalue weighted by atomic mass is 9.97. The molecule has 0 fully saturated rings. The number of nitrogens with zero attached hydrogens (tertiary/aromatic N) is 3. The zero-order chi connectivity index (χ0) is 23.3. The van der Waals surface area contributed by atoms with Gasteiger partial charge in [0.25, 0.3) is 0 Å². The average Bonchev–Trinajstić information content (AvgIpc) is 2.75. The van der Waals surface area contributed by atoms with Crippen molar-refractivity contribution in [2.24, 2.45) is 5.41 Å². The highest BCUT2D eigenvalue weighted by Gasteiger charge is 2.14. The lowest BCUT2D eigenvalue weighted by Crippen LogP contribution is -2.20. The summed E-state index contributed by atoms with van der Waals surface area (Å²) < 4.78 is 5.57. The summed E-state index contributed by atoms with van der Waals surface area (Å²) in [6.07, 6.45) is 4.86. The Kier molecular flexibility index (Phi) is 6.92. The smallest absolute Gasteiger partial charge is 0.227 e. The van der Waals surface area contributed by atoms with Gasteiger partial charge in [-0.1, -0.05) is 26.8 Å². The van der Waals surface area contributed by atoms with E-state index < -0.39 is 0 Å². The number of allylic oxidation sites excluding steroid dienone is 1. The zero-order valence-electron chi connectivity index (χ0n) is 19.5. The first-order valence-corrected chi connectivity index (χ1v) is 10.5. The van der Waals surface area contributed by atoms with E-state index in [4.69, 9.17) is 15.1 Å². The normalized spacial score (nSPS) is 11.9. The van der Waals surface area contributed by atoms with Crippen molar-refractivity contribution in [3.8, 4) is 5.75 Å². The highest BCUT2D eigenvalue weighted by Crippen LogP contribution is 2.31. The molecule has 3 aromatic rings. The minimum absolute atomic E-state index is 0.109. The maximum atomic E-state index is 7.62. The Morgan fingerprint density at radius 1 is 1.19 bits per heavy atom. The van der Waals surface area contributed by atoms with Crippen LogP contribution in [0.5, 0.6) is 5.75 Å². The molecule has 0 aliphatic heterocycles. The lowest BCUT2D eigenvalue weighted by Gasteiger charge is -2.20. The number of aryl methyl sites for hydroxylation is 1. The van der Waals surface area contributed by atoms with Crippen molar-refractivity contribution >= 4 is 40.1 Å². The third-order valence-electron chi connectivity index (χ3n) is 4.72. The van der Waals surface area contributed by atoms with Gasteiger partial charge in [-0.2, -0.15) is 0 Å². The van der Waals surface area contributed by atoms with E-state index in [1.165, 1.54) is 6.21 Å². The second kappa shape index (κ2) is 9.64. The Labute approximate surface area is 189 Å². The molecule has 1 aromatic carbocycles. The van der Waals surface area contributed by atoms with Gasteiger partial charge >= 0.3 is 0 Å². The second-order valence-corrected chi connectivity index (χ2v) is 8.73. The van der Waals surface area contributed by atoms with Crippen LogP contribution in [0.25, 0.3) is 16.5 Å². The highest BCUT2D eigenvalue weighted by molar-refractivity contribution is 6.08. The largest absolute Gasteiger partial charge is 0.495 e. The molecular weight excluding hydrogens is 402 g/mol. The van der Waals surface area contributed by atoms with Gasteiger partial charge in [-0.05, 0) is 36.1 Å². The lowest BCUT2D eigenvalue weighted by molar-refractivity contribution is 0.416. The topological polar surface area (TPSA) is 108 Å². The maximum Gasteiger partial charge on any atom is 0.227 e. The van der Waals surface area contributed by atoms with Gasteiger partial charge in [0.05, 0.1) is 12.8 Å². The van der Waals surface area contributed by atoms with E-state index in [2.05, 4.69) is 46.7 Å². The molecule has 4 N–H and O–H groups in total. The van der Waals surface area contributed by atoms with E-state index in [0.717, 1.165) is 45.8 Å². The predicted octanol–water partition coefficient (Wildman–Crippen LogP) is 4.75. The molecule has 32 heavy (non-hydrogen) atoms. The molecule has 0 atom stereocenters. The van der Waals surface area contributed by atoms with Crippen molar-refractivity contribution in [1.29, 1.82) is 5.41 Å². The summed E-state index contributed by atoms with van der Waals surface area (Å²) in [5.41, 5.74) is 4.12. The minimum atomic E-state index is 0.109. The quantitative estimate of drug-likeness (QED) is 0.380. The van der Waals surface area contributed by atoms with Gasteiger partial charge in [0, 0.05) is 48.9 Å². The van der Waals surface area contributed by atoms with Crippen LogP contribution in [0, 0.1) is 17.7 Å². The van der Waals surface area contributed by atoms with Gasteiger partial charge in [-0.15, -0.1) is 0 Å². The number of fused-ring (bicyclic) bond motifs is 1. The molecule has 0 radical (unpaired) electrons. The molecule has 2 aromatic heterocycles. The fraction of sp³-hybridized carbons (Fsp3) is 0.333. The molecule has 2 heterocycles. The van der Waals surface area contributed by atoms with Gasteiger partial charge in [0.2, 0.25) is 5.95 Å². The van der Waals surface area contributed by atoms with Crippen LogP contribution in [-0.4, -0.2) is 41.9 Å². The molecule has 0 saturated heterocycles. The fourth-order valence-corrected chi connectivity index (χ4v) is 3.16. The van der Waals surface area contributed by atoms with Gasteiger partial charge in [0.1, 0.15) is 11.3 Å². The number of pyridine rings is 1. The molecular formula is C24H31N7O. The number of benzene rings is 1. The molecule has 0 unspecified atom stereocenters. The van der Waals surface area contributed by atoms with E-state index in [0.29, 0.717) is 11.7 Å². The Morgan fingerprint density at radius 3 is 2.62 bits per heavy atom. The van der Waals surface area contributed by atoms with Crippen molar-refractivity contribution in [3.63, 3.8) is 0 Å². The van der Waals surface area contributed by atoms with E-state index in [-0.39, 0.29) is 5.41 Å². The molecule has 0 aliphatic carbocycles. The van der Waals surface area contributed by atoms with E-state index in [9.17, 15) is 0 Å². The summed E-state index contributed by atoms with van der Waals surface area (Å²) in [4.78, 5) is 13.9. The zero-order valence-corrected chi connectivity index (χ0v) is 19.5. The molecule has 8 nitrogen and oxygen atoms in total. The van der Waals surface area contributed by atoms with Crippen LogP contribution < -0.4 is 20.7 Å². The van der Waals surface area contributed by atoms with Crippen LogP contribution in [-0.2, 0) is 0 Å². The number of rotatable bonds is 8. The molecule has 8 heteroatoms. The minimum Gasteiger partial charge on any atom is -0.495 e. The Bertz CT molecular complexity index is 1150. The number of aromatic nitrogens is 3. The van der Waals surface area contributed by atoms with Crippen molar-refractivity contribution < 1.29 is 4.74 Å². The van der Waals surface area contributed by atoms with Crippen LogP contribution in [0.4, 0.5) is 17.5 Å². The van der Waals surface area contributed by atoms with Crippen molar-refractivity contribution in [2.75, 3.05) is 31.3 Å². The summed E-state index contributed by atoms with van der Waals surface area (Å²) in [5, 5.41) is 18.2. The standard InChI is InChI=1S/C24H31N7O/c1-15-9-17-13-27-23(31-21(17)22(29-15)28-14-24(2,3)4)30-19-8-7-16(10-20(19)32-6)18(11-25)12-26-5/h7-13,25-26H,14H2,1-6H3,(H,28,29)(H,27,30,31)/b18-12+,25-11?. The SMILES string of the molecule is CN/C=C(\C=N)c1ccc(Nc2ncc3cc(C)nc(NCC(C)(C)C)c3n2)c(OC)c1.